The van der Waals surface area contributed by atoms with E-state index in [0.717, 1.165) is 11.3 Å². The van der Waals surface area contributed by atoms with Crippen LogP contribution in [0.15, 0.2) is 18.9 Å². The molecule has 2 aromatic heterocycles. The highest BCUT2D eigenvalue weighted by atomic mass is 31.3. The first-order valence-electron chi connectivity index (χ1n) is 6.92. The zero-order chi connectivity index (χ0) is 18.7. The van der Waals surface area contributed by atoms with Crippen LogP contribution in [0.4, 0.5) is 5.82 Å². The summed E-state index contributed by atoms with van der Waals surface area (Å²) in [6.07, 6.45) is 4.82. The molecule has 138 valence electrons. The summed E-state index contributed by atoms with van der Waals surface area (Å²) in [5.41, 5.74) is 8.02. The fourth-order valence-corrected chi connectivity index (χ4v) is 3.63. The maximum Gasteiger partial charge on any atom is 0.481 e. The molecule has 14 heteroatoms. The standard InChI is InChI=1S/C11H17N5O7P2/c1-8-10(2-3-22-25(20,21)23-24(17,18)19)15-7-16(8)5-9-4-13-6-14-11(9)12/h4,6-7H,2-3,5H2,1H3,(H5,12,13,14,17,18,19,20,21)/p+1. The van der Waals surface area contributed by atoms with Gasteiger partial charge in [-0.2, -0.15) is 4.31 Å². The van der Waals surface area contributed by atoms with Gasteiger partial charge >= 0.3 is 15.6 Å². The second kappa shape index (κ2) is 7.71. The number of nitrogens with two attached hydrogens (primary N) is 1. The van der Waals surface area contributed by atoms with Crippen molar-refractivity contribution in [1.29, 1.82) is 0 Å². The van der Waals surface area contributed by atoms with E-state index in [4.69, 9.17) is 15.5 Å². The maximum atomic E-state index is 11.4. The fourth-order valence-electron chi connectivity index (χ4n) is 2.04. The first-order chi connectivity index (χ1) is 11.6. The lowest BCUT2D eigenvalue weighted by Gasteiger charge is -2.11. The molecule has 0 fully saturated rings. The van der Waals surface area contributed by atoms with Crippen LogP contribution in [0.1, 0.15) is 17.0 Å². The maximum absolute atomic E-state index is 11.4. The molecule has 2 heterocycles. The van der Waals surface area contributed by atoms with E-state index in [1.54, 1.807) is 12.5 Å². The summed E-state index contributed by atoms with van der Waals surface area (Å²) in [5.74, 6) is 0.365. The molecule has 0 bridgehead atoms. The van der Waals surface area contributed by atoms with E-state index < -0.39 is 15.6 Å². The quantitative estimate of drug-likeness (QED) is 0.297. The summed E-state index contributed by atoms with van der Waals surface area (Å²) < 4.78 is 32.0. The summed E-state index contributed by atoms with van der Waals surface area (Å²) in [6, 6.07) is 0. The van der Waals surface area contributed by atoms with Crippen LogP contribution >= 0.6 is 15.6 Å². The molecule has 0 saturated heterocycles. The van der Waals surface area contributed by atoms with Gasteiger partial charge in [-0.15, -0.1) is 0 Å². The largest absolute Gasteiger partial charge is 0.481 e. The number of hydrogen-bond donors (Lipinski definition) is 5. The molecule has 2 rings (SSSR count). The fraction of sp³-hybridized carbons (Fsp3) is 0.364. The van der Waals surface area contributed by atoms with Gasteiger partial charge in [0.1, 0.15) is 30.1 Å². The van der Waals surface area contributed by atoms with Crippen LogP contribution in [-0.4, -0.2) is 36.2 Å². The van der Waals surface area contributed by atoms with Crippen molar-refractivity contribution in [3.63, 3.8) is 0 Å². The number of H-pyrrole nitrogens is 1. The predicted molar refractivity (Wildman–Crippen MR) is 83.9 cm³/mol. The Morgan fingerprint density at radius 2 is 2.08 bits per heavy atom. The number of anilines is 1. The molecule has 0 aliphatic heterocycles. The zero-order valence-corrected chi connectivity index (χ0v) is 14.9. The average molecular weight is 394 g/mol. The summed E-state index contributed by atoms with van der Waals surface area (Å²) in [5, 5.41) is 0. The van der Waals surface area contributed by atoms with E-state index in [2.05, 4.69) is 23.8 Å². The second-order valence-electron chi connectivity index (χ2n) is 5.02. The van der Waals surface area contributed by atoms with E-state index in [0.29, 0.717) is 18.1 Å². The number of nitrogen functional groups attached to an aromatic ring is 1. The van der Waals surface area contributed by atoms with E-state index in [1.165, 1.54) is 6.33 Å². The van der Waals surface area contributed by atoms with Gasteiger partial charge in [0.15, 0.2) is 0 Å². The average Bonchev–Trinajstić information content (AvgIpc) is 2.80. The normalized spacial score (nSPS) is 14.4. The number of nitrogens with zero attached hydrogens (tertiary/aromatic N) is 3. The molecule has 0 saturated carbocycles. The molecule has 0 aliphatic carbocycles. The zero-order valence-electron chi connectivity index (χ0n) is 13.1. The highest BCUT2D eigenvalue weighted by Gasteiger charge is 2.32. The van der Waals surface area contributed by atoms with Gasteiger partial charge in [-0.05, 0) is 0 Å². The molecule has 0 amide bonds. The molecule has 25 heavy (non-hydrogen) atoms. The van der Waals surface area contributed by atoms with E-state index in [9.17, 15) is 14.0 Å². The highest BCUT2D eigenvalue weighted by Crippen LogP contribution is 2.57. The number of aromatic nitrogens is 4. The van der Waals surface area contributed by atoms with Gasteiger partial charge in [0.05, 0.1) is 12.2 Å². The summed E-state index contributed by atoms with van der Waals surface area (Å²) >= 11 is 0. The van der Waals surface area contributed by atoms with Gasteiger partial charge in [-0.25, -0.2) is 28.6 Å². The molecule has 1 unspecified atom stereocenters. The summed E-state index contributed by atoms with van der Waals surface area (Å²) in [6.45, 7) is 1.96. The summed E-state index contributed by atoms with van der Waals surface area (Å²) in [4.78, 5) is 37.1. The lowest BCUT2D eigenvalue weighted by molar-refractivity contribution is -0.692. The highest BCUT2D eigenvalue weighted by molar-refractivity contribution is 7.60. The Balaban J connectivity index is 1.96. The van der Waals surface area contributed by atoms with Gasteiger partial charge in [-0.3, -0.25) is 4.52 Å². The molecule has 0 spiro atoms. The van der Waals surface area contributed by atoms with Crippen molar-refractivity contribution in [2.45, 2.75) is 19.9 Å². The number of phosphoric ester groups is 1. The first kappa shape index (κ1) is 19.7. The van der Waals surface area contributed by atoms with Crippen LogP contribution in [0.2, 0.25) is 0 Å². The minimum absolute atomic E-state index is 0.189. The Morgan fingerprint density at radius 3 is 2.72 bits per heavy atom. The topological polar surface area (TPSA) is 185 Å². The molecule has 0 aromatic carbocycles. The van der Waals surface area contributed by atoms with Gasteiger partial charge in [0, 0.05) is 19.5 Å². The van der Waals surface area contributed by atoms with Crippen molar-refractivity contribution < 1.29 is 37.2 Å². The van der Waals surface area contributed by atoms with Crippen molar-refractivity contribution in [3.8, 4) is 0 Å². The molecule has 1 atom stereocenters. The third kappa shape index (κ3) is 5.98. The van der Waals surface area contributed by atoms with Gasteiger partial charge in [0.2, 0.25) is 6.33 Å². The molecule has 0 radical (unpaired) electrons. The lowest BCUT2D eigenvalue weighted by Crippen LogP contribution is -2.35. The minimum atomic E-state index is -5.12. The van der Waals surface area contributed by atoms with Crippen molar-refractivity contribution in [1.82, 2.24) is 15.0 Å². The Kier molecular flexibility index (Phi) is 6.07. The van der Waals surface area contributed by atoms with Crippen molar-refractivity contribution in [3.05, 3.63) is 35.8 Å². The van der Waals surface area contributed by atoms with Crippen LogP contribution in [0, 0.1) is 6.92 Å². The van der Waals surface area contributed by atoms with E-state index in [-0.39, 0.29) is 13.0 Å². The Bertz CT molecular complexity index is 836. The molecular weight excluding hydrogens is 376 g/mol. The first-order valence-corrected chi connectivity index (χ1v) is 9.95. The monoisotopic (exact) mass is 394 g/mol. The van der Waals surface area contributed by atoms with E-state index >= 15 is 0 Å². The van der Waals surface area contributed by atoms with Crippen LogP contribution in [-0.2, 0) is 30.9 Å². The molecule has 6 N–H and O–H groups in total. The third-order valence-corrected chi connectivity index (χ3v) is 5.43. The molecule has 0 aliphatic rings. The SMILES string of the molecule is Cc1c(CCOP(=O)(O)OP(=O)(O)O)[nH]c[n+]1Cc1cncnc1N. The summed E-state index contributed by atoms with van der Waals surface area (Å²) in [7, 11) is -9.96. The van der Waals surface area contributed by atoms with Crippen molar-refractivity contribution in [2.24, 2.45) is 0 Å². The van der Waals surface area contributed by atoms with E-state index in [1.807, 2.05) is 11.5 Å². The van der Waals surface area contributed by atoms with Crippen LogP contribution in [0.5, 0.6) is 0 Å². The molecule has 2 aromatic rings. The predicted octanol–water partition coefficient (Wildman–Crippen LogP) is -0.200. The van der Waals surface area contributed by atoms with Crippen molar-refractivity contribution in [2.75, 3.05) is 12.3 Å². The number of nitrogens with one attached hydrogen (secondary N) is 1. The second-order valence-corrected chi connectivity index (χ2v) is 7.85. The minimum Gasteiger partial charge on any atom is -0.383 e. The lowest BCUT2D eigenvalue weighted by atomic mass is 10.2. The Hall–Kier alpha value is -1.65. The number of imidazole rings is 1. The Morgan fingerprint density at radius 1 is 1.36 bits per heavy atom. The van der Waals surface area contributed by atoms with Gasteiger partial charge in [-0.1, -0.05) is 0 Å². The smallest absolute Gasteiger partial charge is 0.383 e. The number of hydrogen-bond acceptors (Lipinski definition) is 7. The van der Waals surface area contributed by atoms with Crippen LogP contribution in [0.3, 0.4) is 0 Å². The van der Waals surface area contributed by atoms with Crippen LogP contribution < -0.4 is 10.3 Å². The number of aromatic amines is 1. The molecular formula is C11H18N5O7P2+. The number of phosphoric acid groups is 2. The van der Waals surface area contributed by atoms with Crippen LogP contribution in [0.25, 0.3) is 0 Å². The third-order valence-electron chi connectivity index (χ3n) is 3.24. The van der Waals surface area contributed by atoms with Gasteiger partial charge < -0.3 is 20.4 Å². The Labute approximate surface area is 142 Å². The van der Waals surface area contributed by atoms with Crippen molar-refractivity contribution >= 4 is 21.5 Å². The van der Waals surface area contributed by atoms with Gasteiger partial charge in [0.25, 0.3) is 0 Å². The molecule has 12 nitrogen and oxygen atoms in total. The number of rotatable bonds is 8.